The van der Waals surface area contributed by atoms with E-state index in [0.717, 1.165) is 30.1 Å². The lowest BCUT2D eigenvalue weighted by Gasteiger charge is -2.59. The molecule has 1 nitrogen and oxygen atoms in total. The molecule has 5 aliphatic rings. The summed E-state index contributed by atoms with van der Waals surface area (Å²) in [7, 11) is 0. The van der Waals surface area contributed by atoms with Crippen LogP contribution >= 0.6 is 0 Å². The molecule has 82 valence electrons. The third kappa shape index (κ3) is 0.933. The van der Waals surface area contributed by atoms with Crippen molar-refractivity contribution in [2.45, 2.75) is 51.4 Å². The standard InChI is InChI=1S/C14H20O/c15-13-2-1-3-14(13)11-5-9-4-10(7-11)8-12(14)6-9/h9-12H,1-8H2. The van der Waals surface area contributed by atoms with Crippen molar-refractivity contribution in [2.75, 3.05) is 0 Å². The Bertz CT molecular complexity index is 289. The maximum absolute atomic E-state index is 12.3. The van der Waals surface area contributed by atoms with Crippen molar-refractivity contribution in [3.63, 3.8) is 0 Å². The second-order valence-corrected chi connectivity index (χ2v) is 6.62. The molecular formula is C14H20O. The smallest absolute Gasteiger partial charge is 0.139 e. The Morgan fingerprint density at radius 1 is 0.933 bits per heavy atom. The minimum atomic E-state index is 0.216. The highest BCUT2D eigenvalue weighted by Crippen LogP contribution is 2.66. The average Bonchev–Trinajstić information content (AvgIpc) is 2.57. The lowest BCUT2D eigenvalue weighted by molar-refractivity contribution is -0.151. The first-order valence-corrected chi connectivity index (χ1v) is 6.82. The van der Waals surface area contributed by atoms with E-state index in [2.05, 4.69) is 0 Å². The maximum Gasteiger partial charge on any atom is 0.139 e. The fourth-order valence-electron chi connectivity index (χ4n) is 5.80. The summed E-state index contributed by atoms with van der Waals surface area (Å²) in [5.74, 6) is 4.29. The third-order valence-electron chi connectivity index (χ3n) is 6.11. The maximum atomic E-state index is 12.3. The predicted octanol–water partition coefficient (Wildman–Crippen LogP) is 3.18. The minimum absolute atomic E-state index is 0.216. The van der Waals surface area contributed by atoms with Crippen LogP contribution in [-0.2, 0) is 4.79 Å². The topological polar surface area (TPSA) is 17.1 Å². The van der Waals surface area contributed by atoms with E-state index in [0.29, 0.717) is 5.78 Å². The summed E-state index contributed by atoms with van der Waals surface area (Å²) in [5.41, 5.74) is 0.216. The van der Waals surface area contributed by atoms with E-state index >= 15 is 0 Å². The lowest BCUT2D eigenvalue weighted by Crippen LogP contribution is -2.54. The van der Waals surface area contributed by atoms with Crippen LogP contribution < -0.4 is 0 Å². The molecule has 4 bridgehead atoms. The summed E-state index contributed by atoms with van der Waals surface area (Å²) in [6.45, 7) is 0. The van der Waals surface area contributed by atoms with Gasteiger partial charge >= 0.3 is 0 Å². The normalized spacial score (nSPS) is 56.9. The van der Waals surface area contributed by atoms with E-state index in [4.69, 9.17) is 0 Å². The number of ketones is 1. The molecule has 0 N–H and O–H groups in total. The van der Waals surface area contributed by atoms with Gasteiger partial charge in [-0.25, -0.2) is 0 Å². The fourth-order valence-corrected chi connectivity index (χ4v) is 5.80. The van der Waals surface area contributed by atoms with Gasteiger partial charge in [0.05, 0.1) is 0 Å². The number of rotatable bonds is 0. The highest BCUT2D eigenvalue weighted by molar-refractivity contribution is 5.87. The molecule has 0 atom stereocenters. The van der Waals surface area contributed by atoms with Crippen molar-refractivity contribution >= 4 is 5.78 Å². The quantitative estimate of drug-likeness (QED) is 0.592. The van der Waals surface area contributed by atoms with Crippen LogP contribution in [0.25, 0.3) is 0 Å². The van der Waals surface area contributed by atoms with Crippen LogP contribution in [0.1, 0.15) is 51.4 Å². The fraction of sp³-hybridized carbons (Fsp3) is 0.929. The van der Waals surface area contributed by atoms with Gasteiger partial charge in [0.1, 0.15) is 5.78 Å². The van der Waals surface area contributed by atoms with Gasteiger partial charge in [-0.3, -0.25) is 4.79 Å². The zero-order valence-corrected chi connectivity index (χ0v) is 9.37. The van der Waals surface area contributed by atoms with E-state index < -0.39 is 0 Å². The highest BCUT2D eigenvalue weighted by atomic mass is 16.1. The summed E-state index contributed by atoms with van der Waals surface area (Å²) in [6, 6.07) is 0. The SMILES string of the molecule is O=C1CCCC12C1CC3CC(C1)CC2C3. The van der Waals surface area contributed by atoms with E-state index in [1.165, 1.54) is 44.9 Å². The van der Waals surface area contributed by atoms with Crippen molar-refractivity contribution in [2.24, 2.45) is 29.1 Å². The second kappa shape index (κ2) is 2.67. The van der Waals surface area contributed by atoms with Crippen LogP contribution in [0, 0.1) is 29.1 Å². The molecule has 0 aliphatic heterocycles. The van der Waals surface area contributed by atoms with Crippen molar-refractivity contribution in [3.05, 3.63) is 0 Å². The summed E-state index contributed by atoms with van der Waals surface area (Å²) in [6.07, 6.45) is 10.5. The van der Waals surface area contributed by atoms with Crippen molar-refractivity contribution in [3.8, 4) is 0 Å². The number of carbonyl (C=O) groups excluding carboxylic acids is 1. The molecule has 0 amide bonds. The van der Waals surface area contributed by atoms with Crippen LogP contribution in [0.2, 0.25) is 0 Å². The first kappa shape index (κ1) is 8.78. The van der Waals surface area contributed by atoms with Crippen molar-refractivity contribution in [1.82, 2.24) is 0 Å². The molecule has 1 heteroatoms. The zero-order valence-electron chi connectivity index (χ0n) is 9.37. The summed E-state index contributed by atoms with van der Waals surface area (Å²) < 4.78 is 0. The Morgan fingerprint density at radius 2 is 1.53 bits per heavy atom. The molecule has 1 spiro atoms. The molecule has 0 unspecified atom stereocenters. The summed E-state index contributed by atoms with van der Waals surface area (Å²) in [4.78, 5) is 12.3. The molecule has 15 heavy (non-hydrogen) atoms. The van der Waals surface area contributed by atoms with Gasteiger partial charge in [0, 0.05) is 11.8 Å². The van der Waals surface area contributed by atoms with E-state index in [-0.39, 0.29) is 5.41 Å². The molecule has 0 radical (unpaired) electrons. The second-order valence-electron chi connectivity index (χ2n) is 6.62. The van der Waals surface area contributed by atoms with Crippen LogP contribution in [0.4, 0.5) is 0 Å². The number of hydrogen-bond donors (Lipinski definition) is 0. The lowest BCUT2D eigenvalue weighted by atomic mass is 9.44. The van der Waals surface area contributed by atoms with E-state index in [1.807, 2.05) is 0 Å². The van der Waals surface area contributed by atoms with Crippen molar-refractivity contribution < 1.29 is 4.79 Å². The number of hydrogen-bond acceptors (Lipinski definition) is 1. The van der Waals surface area contributed by atoms with Crippen molar-refractivity contribution in [1.29, 1.82) is 0 Å². The van der Waals surface area contributed by atoms with E-state index in [9.17, 15) is 4.79 Å². The zero-order chi connectivity index (χ0) is 10.0. The first-order valence-electron chi connectivity index (χ1n) is 6.82. The highest BCUT2D eigenvalue weighted by Gasteiger charge is 2.61. The Hall–Kier alpha value is -0.330. The Balaban J connectivity index is 1.78. The molecule has 0 heterocycles. The summed E-state index contributed by atoms with van der Waals surface area (Å²) >= 11 is 0. The van der Waals surface area contributed by atoms with Gasteiger partial charge in [0.2, 0.25) is 0 Å². The predicted molar refractivity (Wildman–Crippen MR) is 58.3 cm³/mol. The van der Waals surface area contributed by atoms with Crippen LogP contribution in [-0.4, -0.2) is 5.78 Å². The van der Waals surface area contributed by atoms with Gasteiger partial charge in [-0.15, -0.1) is 0 Å². The first-order chi connectivity index (χ1) is 7.29. The Kier molecular flexibility index (Phi) is 1.56. The third-order valence-corrected chi connectivity index (χ3v) is 6.11. The molecule has 5 aliphatic carbocycles. The molecule has 0 aromatic heterocycles. The van der Waals surface area contributed by atoms with Crippen LogP contribution in [0.5, 0.6) is 0 Å². The average molecular weight is 204 g/mol. The van der Waals surface area contributed by atoms with Gasteiger partial charge in [-0.2, -0.15) is 0 Å². The largest absolute Gasteiger partial charge is 0.299 e. The number of Topliss-reactive ketones (excluding diaryl/α,β-unsaturated/α-hetero) is 1. The Morgan fingerprint density at radius 3 is 2.00 bits per heavy atom. The van der Waals surface area contributed by atoms with Gasteiger partial charge in [0.25, 0.3) is 0 Å². The van der Waals surface area contributed by atoms with Crippen LogP contribution in [0.15, 0.2) is 0 Å². The van der Waals surface area contributed by atoms with Crippen LogP contribution in [0.3, 0.4) is 0 Å². The van der Waals surface area contributed by atoms with Gasteiger partial charge < -0.3 is 0 Å². The molecular weight excluding hydrogens is 184 g/mol. The van der Waals surface area contributed by atoms with Gasteiger partial charge in [-0.1, -0.05) is 0 Å². The molecule has 5 saturated carbocycles. The summed E-state index contributed by atoms with van der Waals surface area (Å²) in [5, 5.41) is 0. The Labute approximate surface area is 91.6 Å². The molecule has 0 saturated heterocycles. The van der Waals surface area contributed by atoms with Gasteiger partial charge in [-0.05, 0) is 68.6 Å². The molecule has 0 aromatic carbocycles. The monoisotopic (exact) mass is 204 g/mol. The van der Waals surface area contributed by atoms with E-state index in [1.54, 1.807) is 0 Å². The molecule has 0 aromatic rings. The molecule has 5 fully saturated rings. The minimum Gasteiger partial charge on any atom is -0.299 e. The van der Waals surface area contributed by atoms with Gasteiger partial charge in [0.15, 0.2) is 0 Å². The number of carbonyl (C=O) groups is 1. The molecule has 5 rings (SSSR count).